The Labute approximate surface area is 77.7 Å². The summed E-state index contributed by atoms with van der Waals surface area (Å²) >= 11 is 0. The maximum Gasteiger partial charge on any atom is 0.255 e. The van der Waals surface area contributed by atoms with Crippen LogP contribution in [0.15, 0.2) is 0 Å². The van der Waals surface area contributed by atoms with Gasteiger partial charge in [0.05, 0.1) is 30.5 Å². The van der Waals surface area contributed by atoms with Gasteiger partial charge in [0.15, 0.2) is 0 Å². The minimum atomic E-state index is -2.26. The molecular formula is C9H21FNO+. The van der Waals surface area contributed by atoms with Gasteiger partial charge >= 0.3 is 0 Å². The van der Waals surface area contributed by atoms with Crippen LogP contribution in [0.4, 0.5) is 4.39 Å². The molecule has 2 nitrogen and oxygen atoms in total. The minimum absolute atomic E-state index is 0.135. The predicted molar refractivity (Wildman–Crippen MR) is 48.7 cm³/mol. The molecule has 0 spiro atoms. The topological polar surface area (TPSA) is 9.23 Å². The molecule has 0 bridgehead atoms. The number of alkyl halides is 1. The molecular weight excluding hydrogens is 157 g/mol. The van der Waals surface area contributed by atoms with Crippen LogP contribution in [0.3, 0.4) is 0 Å². The first-order valence-corrected chi connectivity index (χ1v) is 4.20. The maximum absolute atomic E-state index is 13.9. The van der Waals surface area contributed by atoms with Gasteiger partial charge in [-0.25, -0.2) is 4.39 Å². The molecule has 1 atom stereocenters. The van der Waals surface area contributed by atoms with Crippen LogP contribution in [0.2, 0.25) is 0 Å². The highest BCUT2D eigenvalue weighted by molar-refractivity contribution is 4.58. The van der Waals surface area contributed by atoms with Crippen molar-refractivity contribution in [1.29, 1.82) is 0 Å². The van der Waals surface area contributed by atoms with Gasteiger partial charge in [0.25, 0.3) is 5.85 Å². The molecule has 0 aliphatic heterocycles. The van der Waals surface area contributed by atoms with Crippen molar-refractivity contribution in [3.8, 4) is 0 Å². The molecule has 12 heavy (non-hydrogen) atoms. The second kappa shape index (κ2) is 4.19. The van der Waals surface area contributed by atoms with Gasteiger partial charge < -0.3 is 9.22 Å². The van der Waals surface area contributed by atoms with E-state index in [0.717, 1.165) is 6.92 Å². The molecule has 1 unspecified atom stereocenters. The lowest BCUT2D eigenvalue weighted by atomic mass is 10.3. The van der Waals surface area contributed by atoms with Crippen LogP contribution >= 0.6 is 0 Å². The van der Waals surface area contributed by atoms with Crippen molar-refractivity contribution < 1.29 is 16.4 Å². The summed E-state index contributed by atoms with van der Waals surface area (Å²) in [6.45, 7) is 1.17. The SMILES string of the molecule is [2H]C([2H])(C(C)(F)OCCC)[N+](C)(C)C. The van der Waals surface area contributed by atoms with Crippen LogP contribution in [0.5, 0.6) is 0 Å². The molecule has 0 aromatic heterocycles. The molecule has 0 saturated carbocycles. The van der Waals surface area contributed by atoms with E-state index in [2.05, 4.69) is 0 Å². The van der Waals surface area contributed by atoms with E-state index in [0.29, 0.717) is 6.42 Å². The summed E-state index contributed by atoms with van der Waals surface area (Å²) in [6.07, 6.45) is 0.673. The van der Waals surface area contributed by atoms with E-state index in [9.17, 15) is 4.39 Å². The van der Waals surface area contributed by atoms with Crippen molar-refractivity contribution >= 4 is 0 Å². The zero-order valence-corrected chi connectivity index (χ0v) is 8.65. The highest BCUT2D eigenvalue weighted by Crippen LogP contribution is 2.15. The highest BCUT2D eigenvalue weighted by Gasteiger charge is 2.30. The van der Waals surface area contributed by atoms with E-state index in [-0.39, 0.29) is 11.1 Å². The molecule has 0 N–H and O–H groups in total. The Morgan fingerprint density at radius 1 is 1.50 bits per heavy atom. The van der Waals surface area contributed by atoms with Gasteiger partial charge in [0.2, 0.25) is 0 Å². The summed E-state index contributed by atoms with van der Waals surface area (Å²) < 4.78 is 34.1. The molecule has 0 saturated heterocycles. The first kappa shape index (κ1) is 8.45. The summed E-state index contributed by atoms with van der Waals surface area (Å²) in [4.78, 5) is 0. The normalized spacial score (nSPS) is 21.2. The number of hydrogen-bond acceptors (Lipinski definition) is 1. The third kappa shape index (κ3) is 6.55. The second-order valence-corrected chi connectivity index (χ2v) is 3.89. The van der Waals surface area contributed by atoms with Gasteiger partial charge in [-0.3, -0.25) is 0 Å². The molecule has 3 heteroatoms. The van der Waals surface area contributed by atoms with Crippen LogP contribution in [-0.2, 0) is 4.74 Å². The highest BCUT2D eigenvalue weighted by atomic mass is 19.2. The minimum Gasteiger partial charge on any atom is -0.342 e. The Morgan fingerprint density at radius 2 is 2.00 bits per heavy atom. The molecule has 0 heterocycles. The van der Waals surface area contributed by atoms with E-state index in [1.54, 1.807) is 21.1 Å². The van der Waals surface area contributed by atoms with Crippen LogP contribution in [0, 0.1) is 0 Å². The number of quaternary nitrogens is 1. The van der Waals surface area contributed by atoms with Crippen molar-refractivity contribution in [1.82, 2.24) is 0 Å². The lowest BCUT2D eigenvalue weighted by Crippen LogP contribution is -2.46. The maximum atomic E-state index is 13.9. The number of hydrogen-bond donors (Lipinski definition) is 0. The molecule has 74 valence electrons. The second-order valence-electron chi connectivity index (χ2n) is 3.89. The van der Waals surface area contributed by atoms with E-state index in [1.807, 2.05) is 6.92 Å². The van der Waals surface area contributed by atoms with Crippen LogP contribution in [0.1, 0.15) is 23.0 Å². The average Bonchev–Trinajstić information content (AvgIpc) is 1.98. The van der Waals surface area contributed by atoms with E-state index in [4.69, 9.17) is 7.48 Å². The first-order chi connectivity index (χ1) is 6.06. The lowest BCUT2D eigenvalue weighted by Gasteiger charge is -2.31. The van der Waals surface area contributed by atoms with Crippen LogP contribution in [-0.4, -0.2) is 44.6 Å². The largest absolute Gasteiger partial charge is 0.342 e. The Morgan fingerprint density at radius 3 is 2.33 bits per heavy atom. The quantitative estimate of drug-likeness (QED) is 0.586. The smallest absolute Gasteiger partial charge is 0.255 e. The van der Waals surface area contributed by atoms with Crippen molar-refractivity contribution in [3.05, 3.63) is 0 Å². The first-order valence-electron chi connectivity index (χ1n) is 5.20. The molecule has 0 rings (SSSR count). The van der Waals surface area contributed by atoms with Crippen molar-refractivity contribution in [2.45, 2.75) is 26.1 Å². The van der Waals surface area contributed by atoms with Gasteiger partial charge in [-0.15, -0.1) is 0 Å². The van der Waals surface area contributed by atoms with Crippen LogP contribution in [0.25, 0.3) is 0 Å². The number of rotatable bonds is 5. The van der Waals surface area contributed by atoms with E-state index < -0.39 is 12.4 Å². The van der Waals surface area contributed by atoms with Crippen LogP contribution < -0.4 is 0 Å². The number of nitrogens with zero attached hydrogens (tertiary/aromatic N) is 1. The molecule has 0 aromatic rings. The van der Waals surface area contributed by atoms with Gasteiger partial charge in [0, 0.05) is 6.92 Å². The summed E-state index contributed by atoms with van der Waals surface area (Å²) in [6, 6.07) is 0. The van der Waals surface area contributed by atoms with Gasteiger partial charge in [-0.2, -0.15) is 0 Å². The van der Waals surface area contributed by atoms with Crippen molar-refractivity contribution in [2.24, 2.45) is 0 Å². The Hall–Kier alpha value is -0.150. The van der Waals surface area contributed by atoms with Crippen molar-refractivity contribution in [3.63, 3.8) is 0 Å². The summed E-state index contributed by atoms with van der Waals surface area (Å²) in [7, 11) is 4.81. The molecule has 0 aromatic carbocycles. The van der Waals surface area contributed by atoms with Gasteiger partial charge in [-0.05, 0) is 6.42 Å². The zero-order valence-electron chi connectivity index (χ0n) is 10.6. The Kier molecular flexibility index (Phi) is 2.95. The Balaban J connectivity index is 4.69. The van der Waals surface area contributed by atoms with E-state index >= 15 is 0 Å². The van der Waals surface area contributed by atoms with E-state index in [1.165, 1.54) is 0 Å². The third-order valence-electron chi connectivity index (χ3n) is 1.11. The molecule has 0 radical (unpaired) electrons. The fourth-order valence-corrected chi connectivity index (χ4v) is 0.925. The average molecular weight is 180 g/mol. The van der Waals surface area contributed by atoms with Gasteiger partial charge in [0.1, 0.15) is 6.50 Å². The molecule has 0 fully saturated rings. The summed E-state index contributed by atoms with van der Waals surface area (Å²) in [5.74, 6) is -2.26. The monoisotopic (exact) mass is 180 g/mol. The number of likely N-dealkylation sites (N-methyl/N-ethyl adjacent to an activating group) is 1. The van der Waals surface area contributed by atoms with Crippen molar-refractivity contribution in [2.75, 3.05) is 34.2 Å². The Bertz CT molecular complexity index is 190. The number of halogens is 1. The standard InChI is InChI=1S/C9H21FNO/c1-6-7-12-9(2,10)8-11(3,4)5/h6-8H2,1-5H3/q+1/i8D2. The predicted octanol–water partition coefficient (Wildman–Crippen LogP) is 1.80. The fraction of sp³-hybridized carbons (Fsp3) is 1.00. The third-order valence-corrected chi connectivity index (χ3v) is 1.11. The van der Waals surface area contributed by atoms with Gasteiger partial charge in [-0.1, -0.05) is 6.92 Å². The summed E-state index contributed by atoms with van der Waals surface area (Å²) in [5.41, 5.74) is 0. The molecule has 0 aliphatic carbocycles. The fourth-order valence-electron chi connectivity index (χ4n) is 0.925. The zero-order chi connectivity index (χ0) is 11.6. The molecule has 0 amide bonds. The molecule has 0 aliphatic rings. The summed E-state index contributed by atoms with van der Waals surface area (Å²) in [5, 5.41) is 0. The number of ether oxygens (including phenoxy) is 1. The lowest BCUT2D eigenvalue weighted by molar-refractivity contribution is -0.879.